The van der Waals surface area contributed by atoms with Crippen LogP contribution < -0.4 is 0 Å². The van der Waals surface area contributed by atoms with Gasteiger partial charge in [-0.3, -0.25) is 4.79 Å². The Balaban J connectivity index is 2.29. The molecule has 1 amide bonds. The summed E-state index contributed by atoms with van der Waals surface area (Å²) >= 11 is 6.03. The lowest BCUT2D eigenvalue weighted by atomic mass is 9.98. The van der Waals surface area contributed by atoms with Gasteiger partial charge in [-0.15, -0.1) is 0 Å². The van der Waals surface area contributed by atoms with E-state index in [4.69, 9.17) is 16.3 Å². The molecule has 21 heavy (non-hydrogen) atoms. The molecule has 1 saturated heterocycles. The number of hydrogen-bond acceptors (Lipinski definition) is 3. The minimum Gasteiger partial charge on any atom is -0.465 e. The summed E-state index contributed by atoms with van der Waals surface area (Å²) in [7, 11) is 1.31. The summed E-state index contributed by atoms with van der Waals surface area (Å²) in [4.78, 5) is 26.2. The van der Waals surface area contributed by atoms with Crippen molar-refractivity contribution in [1.29, 1.82) is 0 Å². The zero-order valence-corrected chi connectivity index (χ0v) is 13.2. The maximum atomic E-state index is 12.7. The number of benzene rings is 1. The van der Waals surface area contributed by atoms with E-state index >= 15 is 0 Å². The topological polar surface area (TPSA) is 46.6 Å². The Morgan fingerprint density at radius 2 is 2.00 bits per heavy atom. The van der Waals surface area contributed by atoms with Crippen LogP contribution in [-0.4, -0.2) is 36.5 Å². The molecule has 1 aromatic rings. The zero-order chi connectivity index (χ0) is 15.4. The van der Waals surface area contributed by atoms with Gasteiger partial charge in [0, 0.05) is 23.2 Å². The van der Waals surface area contributed by atoms with Crippen LogP contribution in [-0.2, 0) is 4.74 Å². The van der Waals surface area contributed by atoms with Crippen LogP contribution in [0.25, 0.3) is 0 Å². The molecule has 1 atom stereocenters. The zero-order valence-electron chi connectivity index (χ0n) is 12.4. The number of ether oxygens (including phenoxy) is 1. The van der Waals surface area contributed by atoms with Crippen molar-refractivity contribution in [3.8, 4) is 0 Å². The van der Waals surface area contributed by atoms with Gasteiger partial charge >= 0.3 is 5.97 Å². The molecule has 0 bridgehead atoms. The van der Waals surface area contributed by atoms with Gasteiger partial charge in [-0.2, -0.15) is 0 Å². The summed E-state index contributed by atoms with van der Waals surface area (Å²) < 4.78 is 4.69. The van der Waals surface area contributed by atoms with Crippen LogP contribution in [0.2, 0.25) is 5.02 Å². The Bertz CT molecular complexity index is 544. The summed E-state index contributed by atoms with van der Waals surface area (Å²) in [6.45, 7) is 2.85. The molecule has 0 aromatic heterocycles. The van der Waals surface area contributed by atoms with Gasteiger partial charge in [-0.1, -0.05) is 18.5 Å². The highest BCUT2D eigenvalue weighted by Crippen LogP contribution is 2.24. The molecule has 4 nitrogen and oxygen atoms in total. The molecule has 114 valence electrons. The van der Waals surface area contributed by atoms with E-state index in [0.717, 1.165) is 32.2 Å². The minimum atomic E-state index is -0.489. The van der Waals surface area contributed by atoms with E-state index in [9.17, 15) is 9.59 Å². The Kier molecular flexibility index (Phi) is 5.23. The molecule has 0 aliphatic carbocycles. The van der Waals surface area contributed by atoms with Gasteiger partial charge in [-0.05, 0) is 43.9 Å². The number of amides is 1. The fraction of sp³-hybridized carbons (Fsp3) is 0.500. The monoisotopic (exact) mass is 309 g/mol. The van der Waals surface area contributed by atoms with Crippen LogP contribution in [0, 0.1) is 0 Å². The van der Waals surface area contributed by atoms with Crippen molar-refractivity contribution in [3.63, 3.8) is 0 Å². The van der Waals surface area contributed by atoms with Crippen molar-refractivity contribution in [3.05, 3.63) is 34.3 Å². The van der Waals surface area contributed by atoms with Crippen molar-refractivity contribution in [2.75, 3.05) is 13.7 Å². The lowest BCUT2D eigenvalue weighted by molar-refractivity contribution is 0.0600. The third-order valence-electron chi connectivity index (χ3n) is 3.93. The van der Waals surface area contributed by atoms with Gasteiger partial charge in [0.15, 0.2) is 0 Å². The maximum Gasteiger partial charge on any atom is 0.337 e. The van der Waals surface area contributed by atoms with Gasteiger partial charge in [0.1, 0.15) is 0 Å². The quantitative estimate of drug-likeness (QED) is 0.802. The van der Waals surface area contributed by atoms with Crippen molar-refractivity contribution >= 4 is 23.5 Å². The van der Waals surface area contributed by atoms with Crippen molar-refractivity contribution in [1.82, 2.24) is 4.90 Å². The van der Waals surface area contributed by atoms with Crippen molar-refractivity contribution in [2.45, 2.75) is 38.6 Å². The second-order valence-electron chi connectivity index (χ2n) is 5.28. The average Bonchev–Trinajstić information content (AvgIpc) is 2.52. The summed E-state index contributed by atoms with van der Waals surface area (Å²) in [5, 5.41) is 0.367. The van der Waals surface area contributed by atoms with Gasteiger partial charge in [0.25, 0.3) is 5.91 Å². The van der Waals surface area contributed by atoms with Gasteiger partial charge in [0.05, 0.1) is 12.7 Å². The largest absolute Gasteiger partial charge is 0.465 e. The Morgan fingerprint density at radius 1 is 1.29 bits per heavy atom. The average molecular weight is 310 g/mol. The van der Waals surface area contributed by atoms with E-state index in [0.29, 0.717) is 16.1 Å². The molecule has 1 fully saturated rings. The third kappa shape index (κ3) is 3.56. The molecule has 0 saturated carbocycles. The number of piperidine rings is 1. The number of carbonyl (C=O) groups is 2. The molecule has 1 heterocycles. The van der Waals surface area contributed by atoms with E-state index in [1.54, 1.807) is 12.1 Å². The Labute approximate surface area is 130 Å². The molecule has 2 rings (SSSR count). The highest BCUT2D eigenvalue weighted by molar-refractivity contribution is 6.31. The first-order chi connectivity index (χ1) is 10.1. The van der Waals surface area contributed by atoms with Crippen LogP contribution in [0.1, 0.15) is 53.3 Å². The van der Waals surface area contributed by atoms with Gasteiger partial charge < -0.3 is 9.64 Å². The van der Waals surface area contributed by atoms with Crippen LogP contribution in [0.15, 0.2) is 18.2 Å². The maximum absolute atomic E-state index is 12.7. The number of methoxy groups -OCH3 is 1. The molecular formula is C16H20ClNO3. The molecule has 0 N–H and O–H groups in total. The van der Waals surface area contributed by atoms with E-state index in [2.05, 4.69) is 6.92 Å². The van der Waals surface area contributed by atoms with Crippen LogP contribution in [0.4, 0.5) is 0 Å². The highest BCUT2D eigenvalue weighted by atomic mass is 35.5. The number of nitrogens with zero attached hydrogens (tertiary/aromatic N) is 1. The van der Waals surface area contributed by atoms with Crippen LogP contribution in [0.3, 0.4) is 0 Å². The predicted octanol–water partition coefficient (Wildman–Crippen LogP) is 3.53. The van der Waals surface area contributed by atoms with Crippen molar-refractivity contribution < 1.29 is 14.3 Å². The van der Waals surface area contributed by atoms with Crippen LogP contribution in [0.5, 0.6) is 0 Å². The van der Waals surface area contributed by atoms with E-state index in [1.807, 2.05) is 4.90 Å². The molecule has 1 aliphatic heterocycles. The Morgan fingerprint density at radius 3 is 2.67 bits per heavy atom. The van der Waals surface area contributed by atoms with E-state index in [1.165, 1.54) is 13.2 Å². The molecular weight excluding hydrogens is 290 g/mol. The smallest absolute Gasteiger partial charge is 0.337 e. The molecule has 1 aliphatic rings. The number of esters is 1. The first kappa shape index (κ1) is 15.8. The SMILES string of the molecule is CCC1CCCCN1C(=O)c1cc(Cl)cc(C(=O)OC)c1. The highest BCUT2D eigenvalue weighted by Gasteiger charge is 2.26. The number of halogens is 1. The first-order valence-corrected chi connectivity index (χ1v) is 7.64. The number of hydrogen-bond donors (Lipinski definition) is 0. The lowest BCUT2D eigenvalue weighted by Crippen LogP contribution is -2.43. The number of likely N-dealkylation sites (tertiary alicyclic amines) is 1. The second-order valence-corrected chi connectivity index (χ2v) is 5.71. The lowest BCUT2D eigenvalue weighted by Gasteiger charge is -2.35. The molecule has 0 radical (unpaired) electrons. The van der Waals surface area contributed by atoms with E-state index in [-0.39, 0.29) is 11.9 Å². The fourth-order valence-corrected chi connectivity index (χ4v) is 3.04. The summed E-state index contributed by atoms with van der Waals surface area (Å²) in [5.74, 6) is -0.550. The molecule has 5 heteroatoms. The third-order valence-corrected chi connectivity index (χ3v) is 4.14. The predicted molar refractivity (Wildman–Crippen MR) is 81.8 cm³/mol. The second kappa shape index (κ2) is 6.94. The summed E-state index contributed by atoms with van der Waals surface area (Å²) in [6, 6.07) is 4.95. The molecule has 1 aromatic carbocycles. The van der Waals surface area contributed by atoms with Crippen molar-refractivity contribution in [2.24, 2.45) is 0 Å². The van der Waals surface area contributed by atoms with E-state index < -0.39 is 5.97 Å². The van der Waals surface area contributed by atoms with Gasteiger partial charge in [-0.25, -0.2) is 4.79 Å². The minimum absolute atomic E-state index is 0.0609. The number of rotatable bonds is 3. The molecule has 1 unspecified atom stereocenters. The first-order valence-electron chi connectivity index (χ1n) is 7.26. The molecule has 0 spiro atoms. The van der Waals surface area contributed by atoms with Gasteiger partial charge in [0.2, 0.25) is 0 Å². The fourth-order valence-electron chi connectivity index (χ4n) is 2.81. The summed E-state index contributed by atoms with van der Waals surface area (Å²) in [5.41, 5.74) is 0.752. The van der Waals surface area contributed by atoms with Crippen LogP contribution >= 0.6 is 11.6 Å². The summed E-state index contributed by atoms with van der Waals surface area (Å²) in [6.07, 6.45) is 4.15. The normalized spacial score (nSPS) is 18.4. The standard InChI is InChI=1S/C16H20ClNO3/c1-3-14-6-4-5-7-18(14)15(19)11-8-12(16(20)21-2)10-13(17)9-11/h8-10,14H,3-7H2,1-2H3. The Hall–Kier alpha value is -1.55. The number of carbonyl (C=O) groups excluding carboxylic acids is 2.